The first kappa shape index (κ1) is 17.1. The summed E-state index contributed by atoms with van der Waals surface area (Å²) in [5.41, 5.74) is 0.139. The first-order valence-electron chi connectivity index (χ1n) is 7.10. The van der Waals surface area contributed by atoms with E-state index in [4.69, 9.17) is 9.47 Å². The Hall–Kier alpha value is -3.28. The van der Waals surface area contributed by atoms with Gasteiger partial charge in [-0.25, -0.2) is 4.79 Å². The number of carbonyl (C=O) groups excluding carboxylic acids is 2. The van der Waals surface area contributed by atoms with Gasteiger partial charge in [-0.2, -0.15) is 0 Å². The third-order valence-corrected chi connectivity index (χ3v) is 3.13. The summed E-state index contributed by atoms with van der Waals surface area (Å²) in [6.45, 7) is 3.39. The van der Waals surface area contributed by atoms with Crippen LogP contribution in [0.25, 0.3) is 0 Å². The summed E-state index contributed by atoms with van der Waals surface area (Å²) in [5.74, 6) is -1.17. The van der Waals surface area contributed by atoms with Crippen LogP contribution in [0.1, 0.15) is 15.9 Å². The molecule has 2 aromatic rings. The van der Waals surface area contributed by atoms with Crippen LogP contribution in [0.15, 0.2) is 55.1 Å². The molecule has 0 saturated carbocycles. The Morgan fingerprint density at radius 3 is 2.38 bits per heavy atom. The Bertz CT molecular complexity index is 766. The second kappa shape index (κ2) is 7.82. The van der Waals surface area contributed by atoms with E-state index >= 15 is 0 Å². The van der Waals surface area contributed by atoms with Crippen molar-refractivity contribution in [3.05, 3.63) is 66.2 Å². The smallest absolute Gasteiger partial charge is 0.330 e. The van der Waals surface area contributed by atoms with Gasteiger partial charge in [-0.05, 0) is 24.3 Å². The molecule has 0 bridgehead atoms. The molecule has 0 spiro atoms. The molecule has 0 saturated heterocycles. The molecule has 0 unspecified atom stereocenters. The molecule has 6 heteroatoms. The zero-order valence-electron chi connectivity index (χ0n) is 12.8. The van der Waals surface area contributed by atoms with Gasteiger partial charge in [-0.3, -0.25) is 4.79 Å². The molecule has 24 heavy (non-hydrogen) atoms. The lowest BCUT2D eigenvalue weighted by Crippen LogP contribution is -2.10. The van der Waals surface area contributed by atoms with Gasteiger partial charge >= 0.3 is 5.97 Å². The van der Waals surface area contributed by atoms with Gasteiger partial charge in [0.1, 0.15) is 30.5 Å². The van der Waals surface area contributed by atoms with Gasteiger partial charge in [-0.1, -0.05) is 18.7 Å². The average molecular weight is 328 g/mol. The van der Waals surface area contributed by atoms with Gasteiger partial charge in [0.15, 0.2) is 5.78 Å². The van der Waals surface area contributed by atoms with Crippen LogP contribution in [0.5, 0.6) is 17.2 Å². The Labute approximate surface area is 138 Å². The molecular weight excluding hydrogens is 312 g/mol. The molecule has 6 nitrogen and oxygen atoms in total. The number of benzene rings is 2. The van der Waals surface area contributed by atoms with Gasteiger partial charge in [0.25, 0.3) is 0 Å². The molecule has 0 radical (unpaired) electrons. The minimum atomic E-state index is -0.551. The number of ether oxygens (including phenoxy) is 2. The predicted molar refractivity (Wildman–Crippen MR) is 86.3 cm³/mol. The number of phenolic OH excluding ortho intramolecular Hbond substituents is 2. The van der Waals surface area contributed by atoms with Crippen LogP contribution in [0.2, 0.25) is 0 Å². The first-order valence-corrected chi connectivity index (χ1v) is 7.10. The Kier molecular flexibility index (Phi) is 5.57. The molecule has 124 valence electrons. The van der Waals surface area contributed by atoms with Crippen LogP contribution in [-0.4, -0.2) is 35.2 Å². The van der Waals surface area contributed by atoms with E-state index in [1.54, 1.807) is 12.1 Å². The van der Waals surface area contributed by atoms with Crippen molar-refractivity contribution in [3.63, 3.8) is 0 Å². The summed E-state index contributed by atoms with van der Waals surface area (Å²) < 4.78 is 10.1. The van der Waals surface area contributed by atoms with Crippen LogP contribution in [0.4, 0.5) is 0 Å². The minimum absolute atomic E-state index is 0.0319. The fraction of sp³-hybridized carbons (Fsp3) is 0.111. The molecule has 0 aromatic heterocycles. The summed E-state index contributed by atoms with van der Waals surface area (Å²) in [6, 6.07) is 10.3. The number of rotatable bonds is 7. The van der Waals surface area contributed by atoms with Gasteiger partial charge in [0.05, 0.1) is 11.1 Å². The summed E-state index contributed by atoms with van der Waals surface area (Å²) in [6.07, 6.45) is 1.05. The van der Waals surface area contributed by atoms with E-state index in [0.29, 0.717) is 5.75 Å². The molecule has 0 aliphatic carbocycles. The first-order chi connectivity index (χ1) is 11.5. The van der Waals surface area contributed by atoms with Gasteiger partial charge in [0.2, 0.25) is 0 Å². The van der Waals surface area contributed by atoms with Crippen LogP contribution in [0.3, 0.4) is 0 Å². The maximum absolute atomic E-state index is 12.3. The fourth-order valence-corrected chi connectivity index (χ4v) is 1.96. The van der Waals surface area contributed by atoms with Crippen molar-refractivity contribution < 1.29 is 29.3 Å². The van der Waals surface area contributed by atoms with Crippen molar-refractivity contribution in [3.8, 4) is 17.2 Å². The molecule has 0 fully saturated rings. The molecule has 2 aromatic carbocycles. The molecule has 0 aliphatic heterocycles. The molecule has 2 N–H and O–H groups in total. The van der Waals surface area contributed by atoms with Crippen molar-refractivity contribution in [2.75, 3.05) is 13.2 Å². The lowest BCUT2D eigenvalue weighted by atomic mass is 10.0. The van der Waals surface area contributed by atoms with Crippen molar-refractivity contribution >= 4 is 11.8 Å². The van der Waals surface area contributed by atoms with Crippen molar-refractivity contribution in [2.45, 2.75) is 0 Å². The largest absolute Gasteiger partial charge is 0.507 e. The zero-order chi connectivity index (χ0) is 17.5. The number of hydrogen-bond donors (Lipinski definition) is 2. The molecule has 0 aliphatic rings. The Morgan fingerprint density at radius 1 is 1.00 bits per heavy atom. The van der Waals surface area contributed by atoms with Crippen LogP contribution in [0, 0.1) is 0 Å². The van der Waals surface area contributed by atoms with E-state index < -0.39 is 11.8 Å². The summed E-state index contributed by atoms with van der Waals surface area (Å²) in [7, 11) is 0. The zero-order valence-corrected chi connectivity index (χ0v) is 12.8. The Morgan fingerprint density at radius 2 is 1.71 bits per heavy atom. The quantitative estimate of drug-likeness (QED) is 0.351. The lowest BCUT2D eigenvalue weighted by Gasteiger charge is -2.09. The molecule has 0 amide bonds. The lowest BCUT2D eigenvalue weighted by molar-refractivity contribution is -0.138. The van der Waals surface area contributed by atoms with Crippen molar-refractivity contribution in [1.82, 2.24) is 0 Å². The van der Waals surface area contributed by atoms with E-state index in [2.05, 4.69) is 6.58 Å². The minimum Gasteiger partial charge on any atom is -0.507 e. The molecule has 0 heterocycles. The monoisotopic (exact) mass is 328 g/mol. The molecule has 0 atom stereocenters. The van der Waals surface area contributed by atoms with E-state index in [1.807, 2.05) is 0 Å². The van der Waals surface area contributed by atoms with Crippen LogP contribution in [-0.2, 0) is 9.53 Å². The summed E-state index contributed by atoms with van der Waals surface area (Å²) in [5, 5.41) is 19.7. The number of carbonyl (C=O) groups is 2. The van der Waals surface area contributed by atoms with Gasteiger partial charge < -0.3 is 19.7 Å². The topological polar surface area (TPSA) is 93.1 Å². The predicted octanol–water partition coefficient (Wildman–Crippen LogP) is 2.44. The highest BCUT2D eigenvalue weighted by molar-refractivity contribution is 6.12. The summed E-state index contributed by atoms with van der Waals surface area (Å²) in [4.78, 5) is 23.2. The van der Waals surface area contributed by atoms with E-state index in [9.17, 15) is 19.8 Å². The van der Waals surface area contributed by atoms with Crippen LogP contribution >= 0.6 is 0 Å². The fourth-order valence-electron chi connectivity index (χ4n) is 1.96. The highest BCUT2D eigenvalue weighted by Crippen LogP contribution is 2.28. The standard InChI is InChI=1S/C18H16O6/c1-2-17(21)24-10-9-23-12-7-8-14(16(20)11-12)18(22)13-5-3-4-6-15(13)19/h2-8,11,19-20H,1,9-10H2. The second-order valence-electron chi connectivity index (χ2n) is 4.75. The molecule has 2 rings (SSSR count). The average Bonchev–Trinajstić information content (AvgIpc) is 2.58. The highest BCUT2D eigenvalue weighted by Gasteiger charge is 2.17. The maximum atomic E-state index is 12.3. The maximum Gasteiger partial charge on any atom is 0.330 e. The van der Waals surface area contributed by atoms with Crippen LogP contribution < -0.4 is 4.74 Å². The SMILES string of the molecule is C=CC(=O)OCCOc1ccc(C(=O)c2ccccc2O)c(O)c1. The van der Waals surface area contributed by atoms with Gasteiger partial charge in [-0.15, -0.1) is 0 Å². The third-order valence-electron chi connectivity index (χ3n) is 3.13. The number of phenols is 2. The number of hydrogen-bond acceptors (Lipinski definition) is 6. The van der Waals surface area contributed by atoms with Gasteiger partial charge in [0, 0.05) is 12.1 Å². The number of para-hydroxylation sites is 1. The normalized spacial score (nSPS) is 10.0. The number of ketones is 1. The van der Waals surface area contributed by atoms with Crippen molar-refractivity contribution in [1.29, 1.82) is 0 Å². The van der Waals surface area contributed by atoms with E-state index in [0.717, 1.165) is 6.08 Å². The number of esters is 1. The Balaban J connectivity index is 2.04. The second-order valence-corrected chi connectivity index (χ2v) is 4.75. The van der Waals surface area contributed by atoms with E-state index in [-0.39, 0.29) is 35.8 Å². The highest BCUT2D eigenvalue weighted by atomic mass is 16.6. The summed E-state index contributed by atoms with van der Waals surface area (Å²) >= 11 is 0. The molecular formula is C18H16O6. The number of aromatic hydroxyl groups is 2. The van der Waals surface area contributed by atoms with E-state index in [1.165, 1.54) is 30.3 Å². The van der Waals surface area contributed by atoms with Crippen molar-refractivity contribution in [2.24, 2.45) is 0 Å². The third kappa shape index (κ3) is 4.13.